The molecule has 0 heterocycles. The van der Waals surface area contributed by atoms with Gasteiger partial charge in [0.1, 0.15) is 0 Å². The second-order valence-corrected chi connectivity index (χ2v) is 6.93. The fourth-order valence-corrected chi connectivity index (χ4v) is 3.49. The first-order chi connectivity index (χ1) is 12.3. The molecule has 0 aliphatic rings. The SMILES string of the molecule is O=C(CSc1cccc2ccccc12)Nc1cc(C(F)(F)F)ccc1Cl. The molecule has 3 rings (SSSR count). The van der Waals surface area contributed by atoms with Crippen molar-refractivity contribution in [2.24, 2.45) is 0 Å². The maximum Gasteiger partial charge on any atom is 0.416 e. The number of nitrogens with one attached hydrogen (secondary N) is 1. The summed E-state index contributed by atoms with van der Waals surface area (Å²) in [5, 5.41) is 4.58. The zero-order chi connectivity index (χ0) is 18.7. The van der Waals surface area contributed by atoms with Gasteiger partial charge in [-0.3, -0.25) is 4.79 Å². The lowest BCUT2D eigenvalue weighted by Gasteiger charge is -2.12. The van der Waals surface area contributed by atoms with Crippen LogP contribution in [0.25, 0.3) is 10.8 Å². The van der Waals surface area contributed by atoms with Gasteiger partial charge in [0.25, 0.3) is 0 Å². The number of halogens is 4. The van der Waals surface area contributed by atoms with Gasteiger partial charge in [0.05, 0.1) is 22.0 Å². The molecule has 3 aromatic rings. The Morgan fingerprint density at radius 1 is 1.04 bits per heavy atom. The van der Waals surface area contributed by atoms with Crippen molar-refractivity contribution in [3.8, 4) is 0 Å². The van der Waals surface area contributed by atoms with Crippen LogP contribution in [0, 0.1) is 0 Å². The van der Waals surface area contributed by atoms with E-state index in [0.717, 1.165) is 33.9 Å². The van der Waals surface area contributed by atoms with E-state index in [4.69, 9.17) is 11.6 Å². The highest BCUT2D eigenvalue weighted by molar-refractivity contribution is 8.00. The van der Waals surface area contributed by atoms with Crippen molar-refractivity contribution in [3.63, 3.8) is 0 Å². The molecule has 0 fully saturated rings. The van der Waals surface area contributed by atoms with Crippen LogP contribution in [-0.4, -0.2) is 11.7 Å². The van der Waals surface area contributed by atoms with Crippen molar-refractivity contribution in [3.05, 3.63) is 71.2 Å². The third kappa shape index (κ3) is 4.31. The number of hydrogen-bond acceptors (Lipinski definition) is 2. The molecule has 134 valence electrons. The number of benzene rings is 3. The van der Waals surface area contributed by atoms with Crippen molar-refractivity contribution in [2.45, 2.75) is 11.1 Å². The molecule has 0 bridgehead atoms. The van der Waals surface area contributed by atoms with Crippen molar-refractivity contribution in [1.82, 2.24) is 0 Å². The smallest absolute Gasteiger partial charge is 0.324 e. The number of fused-ring (bicyclic) bond motifs is 1. The summed E-state index contributed by atoms with van der Waals surface area (Å²) in [6.07, 6.45) is -4.50. The van der Waals surface area contributed by atoms with E-state index in [2.05, 4.69) is 5.32 Å². The Labute approximate surface area is 157 Å². The van der Waals surface area contributed by atoms with E-state index in [0.29, 0.717) is 0 Å². The lowest BCUT2D eigenvalue weighted by molar-refractivity contribution is -0.137. The second-order valence-electron chi connectivity index (χ2n) is 5.51. The zero-order valence-electron chi connectivity index (χ0n) is 13.3. The van der Waals surface area contributed by atoms with Crippen LogP contribution in [0.4, 0.5) is 18.9 Å². The lowest BCUT2D eigenvalue weighted by Crippen LogP contribution is -2.15. The number of carbonyl (C=O) groups is 1. The van der Waals surface area contributed by atoms with Gasteiger partial charge in [-0.05, 0) is 35.0 Å². The molecule has 0 saturated heterocycles. The summed E-state index contributed by atoms with van der Waals surface area (Å²) in [7, 11) is 0. The lowest BCUT2D eigenvalue weighted by atomic mass is 10.1. The predicted octanol–water partition coefficient (Wildman–Crippen LogP) is 6.24. The maximum absolute atomic E-state index is 12.8. The Morgan fingerprint density at radius 3 is 2.54 bits per heavy atom. The number of anilines is 1. The molecule has 1 N–H and O–H groups in total. The number of hydrogen-bond donors (Lipinski definition) is 1. The van der Waals surface area contributed by atoms with Crippen LogP contribution >= 0.6 is 23.4 Å². The van der Waals surface area contributed by atoms with Crippen molar-refractivity contribution >= 4 is 45.7 Å². The molecule has 0 aliphatic carbocycles. The predicted molar refractivity (Wildman–Crippen MR) is 99.8 cm³/mol. The maximum atomic E-state index is 12.8. The van der Waals surface area contributed by atoms with Crippen molar-refractivity contribution in [1.29, 1.82) is 0 Å². The quantitative estimate of drug-likeness (QED) is 0.529. The average molecular weight is 396 g/mol. The Balaban J connectivity index is 1.71. The van der Waals surface area contributed by atoms with Gasteiger partial charge in [0.15, 0.2) is 0 Å². The highest BCUT2D eigenvalue weighted by Crippen LogP contribution is 2.34. The molecule has 0 atom stereocenters. The normalized spacial score (nSPS) is 11.5. The van der Waals surface area contributed by atoms with Gasteiger partial charge < -0.3 is 5.32 Å². The van der Waals surface area contributed by atoms with Crippen LogP contribution in [0.1, 0.15) is 5.56 Å². The van der Waals surface area contributed by atoms with Gasteiger partial charge in [0, 0.05) is 4.90 Å². The van der Waals surface area contributed by atoms with Crippen molar-refractivity contribution in [2.75, 3.05) is 11.1 Å². The zero-order valence-corrected chi connectivity index (χ0v) is 14.9. The number of alkyl halides is 3. The van der Waals surface area contributed by atoms with E-state index < -0.39 is 17.6 Å². The van der Waals surface area contributed by atoms with Crippen LogP contribution in [0.2, 0.25) is 5.02 Å². The Bertz CT molecular complexity index is 954. The van der Waals surface area contributed by atoms with Crippen LogP contribution in [0.5, 0.6) is 0 Å². The largest absolute Gasteiger partial charge is 0.416 e. The summed E-state index contributed by atoms with van der Waals surface area (Å²) in [6, 6.07) is 16.4. The molecular formula is C19H13ClF3NOS. The molecule has 0 spiro atoms. The van der Waals surface area contributed by atoms with Gasteiger partial charge in [-0.2, -0.15) is 13.2 Å². The monoisotopic (exact) mass is 395 g/mol. The Hall–Kier alpha value is -2.18. The molecule has 3 aromatic carbocycles. The van der Waals surface area contributed by atoms with Gasteiger partial charge in [-0.1, -0.05) is 48.0 Å². The number of carbonyl (C=O) groups excluding carboxylic acids is 1. The van der Waals surface area contributed by atoms with E-state index in [1.165, 1.54) is 11.8 Å². The fourth-order valence-electron chi connectivity index (χ4n) is 2.45. The first kappa shape index (κ1) is 18.6. The molecule has 0 radical (unpaired) electrons. The van der Waals surface area contributed by atoms with Crippen LogP contribution in [-0.2, 0) is 11.0 Å². The van der Waals surface area contributed by atoms with E-state index in [9.17, 15) is 18.0 Å². The highest BCUT2D eigenvalue weighted by Gasteiger charge is 2.31. The summed E-state index contributed by atoms with van der Waals surface area (Å²) in [5.74, 6) is -0.371. The minimum atomic E-state index is -4.50. The third-order valence-corrected chi connectivity index (χ3v) is 5.08. The Kier molecular flexibility index (Phi) is 5.44. The molecular weight excluding hydrogens is 383 g/mol. The van der Waals surface area contributed by atoms with Crippen LogP contribution < -0.4 is 5.32 Å². The first-order valence-corrected chi connectivity index (χ1v) is 8.98. The summed E-state index contributed by atoms with van der Waals surface area (Å²) in [4.78, 5) is 13.1. The Morgan fingerprint density at radius 2 is 1.77 bits per heavy atom. The minimum absolute atomic E-state index is 0.0509. The van der Waals surface area contributed by atoms with Gasteiger partial charge >= 0.3 is 6.18 Å². The fraction of sp³-hybridized carbons (Fsp3) is 0.105. The molecule has 0 saturated carbocycles. The van der Waals surface area contributed by atoms with E-state index in [-0.39, 0.29) is 16.5 Å². The summed E-state index contributed by atoms with van der Waals surface area (Å²) < 4.78 is 38.4. The molecule has 26 heavy (non-hydrogen) atoms. The van der Waals surface area contributed by atoms with E-state index >= 15 is 0 Å². The molecule has 1 amide bonds. The van der Waals surface area contributed by atoms with E-state index in [1.807, 2.05) is 42.5 Å². The second kappa shape index (κ2) is 7.60. The molecule has 0 aromatic heterocycles. The third-order valence-electron chi connectivity index (χ3n) is 3.68. The first-order valence-electron chi connectivity index (χ1n) is 7.62. The van der Waals surface area contributed by atoms with E-state index in [1.54, 1.807) is 0 Å². The number of rotatable bonds is 4. The molecule has 2 nitrogen and oxygen atoms in total. The standard InChI is InChI=1S/C19H13ClF3NOS/c20-15-9-8-13(19(21,22)23)10-16(15)24-18(25)11-26-17-7-3-5-12-4-1-2-6-14(12)17/h1-10H,11H2,(H,24,25). The topological polar surface area (TPSA) is 29.1 Å². The van der Waals surface area contributed by atoms with Gasteiger partial charge in [-0.25, -0.2) is 0 Å². The molecule has 0 unspecified atom stereocenters. The molecule has 0 aliphatic heterocycles. The van der Waals surface area contributed by atoms with Crippen LogP contribution in [0.3, 0.4) is 0 Å². The van der Waals surface area contributed by atoms with Gasteiger partial charge in [-0.15, -0.1) is 11.8 Å². The minimum Gasteiger partial charge on any atom is -0.324 e. The molecule has 7 heteroatoms. The van der Waals surface area contributed by atoms with Gasteiger partial charge in [0.2, 0.25) is 5.91 Å². The van der Waals surface area contributed by atoms with Crippen molar-refractivity contribution < 1.29 is 18.0 Å². The number of thioether (sulfide) groups is 1. The van der Waals surface area contributed by atoms with Crippen LogP contribution in [0.15, 0.2) is 65.6 Å². The summed E-state index contributed by atoms with van der Waals surface area (Å²) in [5.41, 5.74) is -0.913. The summed E-state index contributed by atoms with van der Waals surface area (Å²) >= 11 is 7.21. The number of amides is 1. The summed E-state index contributed by atoms with van der Waals surface area (Å²) in [6.45, 7) is 0. The average Bonchev–Trinajstić information content (AvgIpc) is 2.61. The highest BCUT2D eigenvalue weighted by atomic mass is 35.5.